The van der Waals surface area contributed by atoms with E-state index in [9.17, 15) is 0 Å². The largest absolute Gasteiger partial charge is 0.173 e. The van der Waals surface area contributed by atoms with E-state index >= 15 is 0 Å². The number of halogens is 1. The number of aromatic nitrogens is 2. The highest BCUT2D eigenvalue weighted by Gasteiger charge is 2.02. The molecule has 0 radical (unpaired) electrons. The van der Waals surface area contributed by atoms with Crippen LogP contribution in [0.15, 0.2) is 12.1 Å². The summed E-state index contributed by atoms with van der Waals surface area (Å²) in [5.74, 6) is 0. The predicted octanol–water partition coefficient (Wildman–Crippen LogP) is 2.65. The molecular weight excluding hydrogens is 180 g/mol. The van der Waals surface area contributed by atoms with Gasteiger partial charge in [-0.15, -0.1) is 0 Å². The summed E-state index contributed by atoms with van der Waals surface area (Å²) in [6.07, 6.45) is 0. The zero-order valence-corrected chi connectivity index (χ0v) is 7.41. The molecule has 1 aromatic carbocycles. The summed E-state index contributed by atoms with van der Waals surface area (Å²) in [6.45, 7) is 1.98. The molecule has 0 atom stereocenters. The Morgan fingerprint density at radius 1 is 1.36 bits per heavy atom. The van der Waals surface area contributed by atoms with Crippen molar-refractivity contribution >= 4 is 34.4 Å². The van der Waals surface area contributed by atoms with Crippen molar-refractivity contribution in [2.45, 2.75) is 6.92 Å². The van der Waals surface area contributed by atoms with Gasteiger partial charge in [0.05, 0.1) is 11.7 Å². The number of aryl methyl sites for hydroxylation is 1. The van der Waals surface area contributed by atoms with Gasteiger partial charge in [-0.05, 0) is 24.6 Å². The first-order valence-corrected chi connectivity index (χ1v) is 4.26. The summed E-state index contributed by atoms with van der Waals surface area (Å²) in [5, 5.41) is 0.725. The Balaban J connectivity index is 2.91. The Morgan fingerprint density at radius 3 is 3.00 bits per heavy atom. The third kappa shape index (κ3) is 1.10. The van der Waals surface area contributed by atoms with Crippen LogP contribution in [0.5, 0.6) is 0 Å². The summed E-state index contributed by atoms with van der Waals surface area (Å²) in [4.78, 5) is 0. The van der Waals surface area contributed by atoms with Gasteiger partial charge in [-0.1, -0.05) is 11.6 Å². The van der Waals surface area contributed by atoms with Crippen LogP contribution in [0.4, 0.5) is 0 Å². The lowest BCUT2D eigenvalue weighted by molar-refractivity contribution is 1.48. The van der Waals surface area contributed by atoms with E-state index in [0.29, 0.717) is 0 Å². The van der Waals surface area contributed by atoms with E-state index in [1.54, 1.807) is 0 Å². The average Bonchev–Trinajstić information content (AvgIpc) is 2.34. The number of hydrogen-bond acceptors (Lipinski definition) is 3. The van der Waals surface area contributed by atoms with Gasteiger partial charge in [-0.3, -0.25) is 0 Å². The highest BCUT2D eigenvalue weighted by molar-refractivity contribution is 7.00. The Morgan fingerprint density at radius 2 is 2.18 bits per heavy atom. The SMILES string of the molecule is Cc1cc(Cl)cc2nsnc12. The molecule has 0 aliphatic rings. The molecule has 0 aliphatic carbocycles. The number of nitrogens with zero attached hydrogens (tertiary/aromatic N) is 2. The summed E-state index contributed by atoms with van der Waals surface area (Å²) >= 11 is 7.03. The Kier molecular flexibility index (Phi) is 1.55. The number of rotatable bonds is 0. The Hall–Kier alpha value is -0.670. The second kappa shape index (κ2) is 2.43. The van der Waals surface area contributed by atoms with Gasteiger partial charge in [-0.25, -0.2) is 0 Å². The highest BCUT2D eigenvalue weighted by Crippen LogP contribution is 2.21. The molecule has 1 aromatic heterocycles. The first-order valence-electron chi connectivity index (χ1n) is 3.16. The van der Waals surface area contributed by atoms with Crippen LogP contribution in [-0.2, 0) is 0 Å². The second-order valence-corrected chi connectivity index (χ2v) is 3.32. The molecule has 0 amide bonds. The van der Waals surface area contributed by atoms with Crippen molar-refractivity contribution in [3.8, 4) is 0 Å². The van der Waals surface area contributed by atoms with Crippen molar-refractivity contribution in [1.29, 1.82) is 0 Å². The van der Waals surface area contributed by atoms with Crippen LogP contribution in [0.3, 0.4) is 0 Å². The van der Waals surface area contributed by atoms with Crippen LogP contribution in [0, 0.1) is 6.92 Å². The molecule has 56 valence electrons. The summed E-state index contributed by atoms with van der Waals surface area (Å²) in [7, 11) is 0. The number of hydrogen-bond donors (Lipinski definition) is 0. The van der Waals surface area contributed by atoms with Gasteiger partial charge in [-0.2, -0.15) is 8.75 Å². The van der Waals surface area contributed by atoms with Gasteiger partial charge >= 0.3 is 0 Å². The van der Waals surface area contributed by atoms with E-state index in [2.05, 4.69) is 8.75 Å². The fourth-order valence-corrected chi connectivity index (χ4v) is 1.87. The maximum Gasteiger partial charge on any atom is 0.107 e. The van der Waals surface area contributed by atoms with E-state index in [-0.39, 0.29) is 0 Å². The monoisotopic (exact) mass is 184 g/mol. The molecular formula is C7H5ClN2S. The standard InChI is InChI=1S/C7H5ClN2S/c1-4-2-5(8)3-6-7(4)10-11-9-6/h2-3H,1H3. The van der Waals surface area contributed by atoms with Crippen molar-refractivity contribution < 1.29 is 0 Å². The molecule has 1 heterocycles. The molecule has 0 aliphatic heterocycles. The molecule has 0 fully saturated rings. The lowest BCUT2D eigenvalue weighted by Gasteiger charge is -1.93. The third-order valence-electron chi connectivity index (χ3n) is 1.52. The van der Waals surface area contributed by atoms with Crippen molar-refractivity contribution in [2.24, 2.45) is 0 Å². The molecule has 0 spiro atoms. The first-order chi connectivity index (χ1) is 5.27. The zero-order valence-electron chi connectivity index (χ0n) is 5.84. The fourth-order valence-electron chi connectivity index (χ4n) is 1.01. The van der Waals surface area contributed by atoms with Crippen LogP contribution in [0.1, 0.15) is 5.56 Å². The predicted molar refractivity (Wildman–Crippen MR) is 47.2 cm³/mol. The van der Waals surface area contributed by atoms with E-state index in [1.807, 2.05) is 19.1 Å². The van der Waals surface area contributed by atoms with E-state index in [1.165, 1.54) is 11.7 Å². The Labute approximate surface area is 73.1 Å². The van der Waals surface area contributed by atoms with Crippen LogP contribution in [0.2, 0.25) is 5.02 Å². The maximum atomic E-state index is 5.82. The molecule has 0 saturated heterocycles. The van der Waals surface area contributed by atoms with Crippen LogP contribution in [-0.4, -0.2) is 8.75 Å². The summed E-state index contributed by atoms with van der Waals surface area (Å²) < 4.78 is 8.22. The second-order valence-electron chi connectivity index (χ2n) is 2.35. The van der Waals surface area contributed by atoms with Crippen LogP contribution in [0.25, 0.3) is 11.0 Å². The van der Waals surface area contributed by atoms with Gasteiger partial charge < -0.3 is 0 Å². The fraction of sp³-hybridized carbons (Fsp3) is 0.143. The smallest absolute Gasteiger partial charge is 0.107 e. The van der Waals surface area contributed by atoms with Crippen molar-refractivity contribution in [3.63, 3.8) is 0 Å². The molecule has 0 unspecified atom stereocenters. The lowest BCUT2D eigenvalue weighted by Crippen LogP contribution is -1.76. The van der Waals surface area contributed by atoms with Crippen molar-refractivity contribution in [1.82, 2.24) is 8.75 Å². The molecule has 2 nitrogen and oxygen atoms in total. The van der Waals surface area contributed by atoms with E-state index in [0.717, 1.165) is 21.6 Å². The maximum absolute atomic E-state index is 5.82. The first kappa shape index (κ1) is 7.00. The van der Waals surface area contributed by atoms with Crippen LogP contribution < -0.4 is 0 Å². The van der Waals surface area contributed by atoms with Gasteiger partial charge in [0.1, 0.15) is 11.0 Å². The van der Waals surface area contributed by atoms with E-state index < -0.39 is 0 Å². The molecule has 0 N–H and O–H groups in total. The highest BCUT2D eigenvalue weighted by atomic mass is 35.5. The van der Waals surface area contributed by atoms with Gasteiger partial charge in [0, 0.05) is 5.02 Å². The van der Waals surface area contributed by atoms with Crippen molar-refractivity contribution in [2.75, 3.05) is 0 Å². The zero-order chi connectivity index (χ0) is 7.84. The Bertz CT molecular complexity index is 396. The molecule has 2 aromatic rings. The number of fused-ring (bicyclic) bond motifs is 1. The minimum absolute atomic E-state index is 0.725. The topological polar surface area (TPSA) is 25.8 Å². The van der Waals surface area contributed by atoms with Gasteiger partial charge in [0.25, 0.3) is 0 Å². The average molecular weight is 185 g/mol. The summed E-state index contributed by atoms with van der Waals surface area (Å²) in [5.41, 5.74) is 2.93. The summed E-state index contributed by atoms with van der Waals surface area (Å²) in [6, 6.07) is 3.72. The third-order valence-corrected chi connectivity index (χ3v) is 2.28. The minimum atomic E-state index is 0.725. The molecule has 0 bridgehead atoms. The number of benzene rings is 1. The van der Waals surface area contributed by atoms with Gasteiger partial charge in [0.15, 0.2) is 0 Å². The van der Waals surface area contributed by atoms with Crippen LogP contribution >= 0.6 is 23.3 Å². The quantitative estimate of drug-likeness (QED) is 0.629. The lowest BCUT2D eigenvalue weighted by atomic mass is 10.2. The minimum Gasteiger partial charge on any atom is -0.173 e. The van der Waals surface area contributed by atoms with Gasteiger partial charge in [0.2, 0.25) is 0 Å². The molecule has 2 rings (SSSR count). The van der Waals surface area contributed by atoms with Crippen molar-refractivity contribution in [3.05, 3.63) is 22.7 Å². The molecule has 11 heavy (non-hydrogen) atoms. The molecule has 4 heteroatoms. The van der Waals surface area contributed by atoms with E-state index in [4.69, 9.17) is 11.6 Å². The molecule has 0 saturated carbocycles. The normalized spacial score (nSPS) is 10.7.